The SMILES string of the molecule is CCCP(CCC)c1ccc[c-]1P(CCC)CCC.[Zr].[cH-]1[cH-][cH-][cH-][cH-]1. The van der Waals surface area contributed by atoms with Gasteiger partial charge in [0.2, 0.25) is 0 Å². The standard InChI is InChI=1S/C17H31P2.C5H5.Zr/c1-5-12-18(13-6-2)16-10-9-11-17(16)19(14-7-3)15-8-4;1-2-4-5-3-1;/h9-11H,5-8,12-15H2,1-4H3;1-5H;/q-1;-5;. The third-order valence-corrected chi connectivity index (χ3v) is 10.2. The molecule has 0 N–H and O–H groups in total. The summed E-state index contributed by atoms with van der Waals surface area (Å²) in [6.07, 6.45) is 11.1. The average molecular weight is 454 g/mol. The summed E-state index contributed by atoms with van der Waals surface area (Å²) in [5, 5.41) is 3.54. The molecule has 0 nitrogen and oxygen atoms in total. The molecular formula is C22H36P2Zr-6. The first-order valence-corrected chi connectivity index (χ1v) is 13.1. The van der Waals surface area contributed by atoms with E-state index >= 15 is 0 Å². The van der Waals surface area contributed by atoms with Gasteiger partial charge in [0, 0.05) is 26.2 Å². The average Bonchev–Trinajstić information content (AvgIpc) is 3.29. The van der Waals surface area contributed by atoms with Crippen molar-refractivity contribution < 1.29 is 26.2 Å². The fourth-order valence-electron chi connectivity index (χ4n) is 3.04. The monoisotopic (exact) mass is 452 g/mol. The number of rotatable bonds is 10. The molecule has 0 aliphatic rings. The minimum atomic E-state index is 0. The molecule has 0 fully saturated rings. The molecule has 0 aromatic heterocycles. The molecule has 0 heterocycles. The van der Waals surface area contributed by atoms with Crippen molar-refractivity contribution in [1.29, 1.82) is 0 Å². The first-order chi connectivity index (χ1) is 11.8. The Morgan fingerprint density at radius 3 is 1.60 bits per heavy atom. The second-order valence-electron chi connectivity index (χ2n) is 6.23. The molecule has 0 radical (unpaired) electrons. The van der Waals surface area contributed by atoms with Gasteiger partial charge in [-0.15, -0.1) is 26.5 Å². The molecule has 0 saturated heterocycles. The second-order valence-corrected chi connectivity index (χ2v) is 11.1. The summed E-state index contributed by atoms with van der Waals surface area (Å²) in [6.45, 7) is 9.37. The van der Waals surface area contributed by atoms with E-state index in [0.29, 0.717) is 0 Å². The van der Waals surface area contributed by atoms with Gasteiger partial charge >= 0.3 is 0 Å². The van der Waals surface area contributed by atoms with Gasteiger partial charge in [-0.25, -0.2) is 12.1 Å². The molecule has 0 atom stereocenters. The summed E-state index contributed by atoms with van der Waals surface area (Å²) >= 11 is 0. The van der Waals surface area contributed by atoms with Crippen LogP contribution in [0.15, 0.2) is 48.5 Å². The molecule has 144 valence electrons. The summed E-state index contributed by atoms with van der Waals surface area (Å²) in [4.78, 5) is 0. The molecule has 2 aromatic carbocycles. The van der Waals surface area contributed by atoms with Crippen molar-refractivity contribution >= 4 is 26.5 Å². The van der Waals surface area contributed by atoms with E-state index in [1.54, 1.807) is 10.6 Å². The molecular weight excluding hydrogens is 417 g/mol. The molecule has 2 aromatic rings. The van der Waals surface area contributed by atoms with Crippen LogP contribution in [-0.2, 0) is 26.2 Å². The van der Waals surface area contributed by atoms with Crippen LogP contribution < -0.4 is 10.6 Å². The van der Waals surface area contributed by atoms with Crippen LogP contribution in [0.25, 0.3) is 0 Å². The van der Waals surface area contributed by atoms with Crippen molar-refractivity contribution in [2.45, 2.75) is 53.4 Å². The Balaban J connectivity index is 0.000000820. The second kappa shape index (κ2) is 16.6. The van der Waals surface area contributed by atoms with E-state index in [0.717, 1.165) is 0 Å². The van der Waals surface area contributed by atoms with E-state index in [1.165, 1.54) is 50.3 Å². The van der Waals surface area contributed by atoms with Gasteiger partial charge < -0.3 is 30.3 Å². The van der Waals surface area contributed by atoms with Crippen LogP contribution in [0.4, 0.5) is 0 Å². The van der Waals surface area contributed by atoms with Crippen LogP contribution in [0.2, 0.25) is 0 Å². The van der Waals surface area contributed by atoms with E-state index in [1.807, 2.05) is 30.3 Å². The maximum atomic E-state index is 2.45. The zero-order chi connectivity index (χ0) is 17.6. The van der Waals surface area contributed by atoms with Crippen LogP contribution in [-0.4, -0.2) is 24.6 Å². The topological polar surface area (TPSA) is 0 Å². The van der Waals surface area contributed by atoms with Gasteiger partial charge in [0.15, 0.2) is 0 Å². The molecule has 0 amide bonds. The molecule has 0 saturated carbocycles. The normalized spacial score (nSPS) is 10.5. The Bertz CT molecular complexity index is 430. The van der Waals surface area contributed by atoms with Crippen molar-refractivity contribution in [3.8, 4) is 0 Å². The Labute approximate surface area is 178 Å². The van der Waals surface area contributed by atoms with E-state index in [4.69, 9.17) is 0 Å². The minimum Gasteiger partial charge on any atom is -0.748 e. The molecule has 0 bridgehead atoms. The molecule has 25 heavy (non-hydrogen) atoms. The molecule has 0 spiro atoms. The predicted molar refractivity (Wildman–Crippen MR) is 118 cm³/mol. The van der Waals surface area contributed by atoms with Crippen molar-refractivity contribution in [2.24, 2.45) is 0 Å². The van der Waals surface area contributed by atoms with E-state index < -0.39 is 0 Å². The molecule has 2 rings (SSSR count). The van der Waals surface area contributed by atoms with Gasteiger partial charge in [-0.1, -0.05) is 53.4 Å². The molecule has 3 heteroatoms. The Kier molecular flexibility index (Phi) is 16.9. The van der Waals surface area contributed by atoms with Crippen molar-refractivity contribution in [1.82, 2.24) is 0 Å². The van der Waals surface area contributed by atoms with Gasteiger partial charge in [-0.05, 0) is 24.6 Å². The smallest absolute Gasteiger partial charge is 0 e. The maximum Gasteiger partial charge on any atom is 0 e. The van der Waals surface area contributed by atoms with Gasteiger partial charge in [0.05, 0.1) is 0 Å². The first-order valence-electron chi connectivity index (χ1n) is 9.70. The van der Waals surface area contributed by atoms with E-state index in [9.17, 15) is 0 Å². The predicted octanol–water partition coefficient (Wildman–Crippen LogP) is 6.66. The van der Waals surface area contributed by atoms with Gasteiger partial charge in [-0.3, -0.25) is 0 Å². The third kappa shape index (κ3) is 9.80. The Morgan fingerprint density at radius 2 is 1.20 bits per heavy atom. The van der Waals surface area contributed by atoms with E-state index in [-0.39, 0.29) is 42.0 Å². The zero-order valence-electron chi connectivity index (χ0n) is 16.7. The summed E-state index contributed by atoms with van der Waals surface area (Å²) < 4.78 is 0. The van der Waals surface area contributed by atoms with Crippen LogP contribution >= 0.6 is 15.8 Å². The fourth-order valence-corrected chi connectivity index (χ4v) is 8.85. The van der Waals surface area contributed by atoms with Crippen LogP contribution in [0, 0.1) is 0 Å². The quantitative estimate of drug-likeness (QED) is 0.279. The summed E-state index contributed by atoms with van der Waals surface area (Å²) in [5.74, 6) is 0. The maximum absolute atomic E-state index is 2.45. The minimum absolute atomic E-state index is 0. The summed E-state index contributed by atoms with van der Waals surface area (Å²) in [7, 11) is 0.245. The fraction of sp³-hybridized carbons (Fsp3) is 0.545. The third-order valence-electron chi connectivity index (χ3n) is 3.98. The number of hydrogen-bond donors (Lipinski definition) is 0. The Morgan fingerprint density at radius 1 is 0.760 bits per heavy atom. The van der Waals surface area contributed by atoms with E-state index in [2.05, 4.69) is 45.9 Å². The van der Waals surface area contributed by atoms with Crippen LogP contribution in [0.3, 0.4) is 0 Å². The molecule has 0 aliphatic heterocycles. The van der Waals surface area contributed by atoms with Gasteiger partial charge in [0.1, 0.15) is 0 Å². The largest absolute Gasteiger partial charge is 0.748 e. The first kappa shape index (κ1) is 25.4. The molecule has 0 aliphatic carbocycles. The number of hydrogen-bond acceptors (Lipinski definition) is 0. The molecule has 0 unspecified atom stereocenters. The van der Waals surface area contributed by atoms with Gasteiger partial charge in [-0.2, -0.15) is 6.07 Å². The van der Waals surface area contributed by atoms with Crippen molar-refractivity contribution in [3.63, 3.8) is 0 Å². The van der Waals surface area contributed by atoms with Crippen LogP contribution in [0.5, 0.6) is 0 Å². The summed E-state index contributed by atoms with van der Waals surface area (Å²) in [6, 6.07) is 17.2. The Hall–Kier alpha value is 0.443. The van der Waals surface area contributed by atoms with Crippen molar-refractivity contribution in [2.75, 3.05) is 24.6 Å². The summed E-state index contributed by atoms with van der Waals surface area (Å²) in [5.41, 5.74) is 0. The van der Waals surface area contributed by atoms with Gasteiger partial charge in [0.25, 0.3) is 0 Å². The zero-order valence-corrected chi connectivity index (χ0v) is 20.9. The van der Waals surface area contributed by atoms with Crippen molar-refractivity contribution in [3.05, 3.63) is 48.5 Å². The van der Waals surface area contributed by atoms with Crippen LogP contribution in [0.1, 0.15) is 53.4 Å².